The molecule has 0 aromatic heterocycles. The van der Waals surface area contributed by atoms with Crippen molar-refractivity contribution in [2.45, 2.75) is 0 Å². The fourth-order valence-corrected chi connectivity index (χ4v) is 0. The van der Waals surface area contributed by atoms with Gasteiger partial charge < -0.3 is 22.7 Å². The molecule has 0 fully saturated rings. The van der Waals surface area contributed by atoms with Gasteiger partial charge in [0.2, 0.25) is 0 Å². The zero-order valence-electron chi connectivity index (χ0n) is 2.94. The number of hydrogen-bond acceptors (Lipinski definition) is 0. The van der Waals surface area contributed by atoms with Gasteiger partial charge in [0.25, 0.3) is 0 Å². The van der Waals surface area contributed by atoms with Gasteiger partial charge in [-0.05, 0) is 0 Å². The van der Waals surface area contributed by atoms with Gasteiger partial charge in [-0.1, -0.05) is 0 Å². The molecule has 0 aliphatic rings. The topological polar surface area (TPSA) is 31.5 Å². The van der Waals surface area contributed by atoms with E-state index < -0.39 is 7.25 Å². The first-order valence-electron chi connectivity index (χ1n) is 0.873. The van der Waals surface area contributed by atoms with Crippen LogP contribution in [-0.4, -0.2) is 12.7 Å². The molecule has 0 aliphatic carbocycles. The summed E-state index contributed by atoms with van der Waals surface area (Å²) in [6, 6.07) is 0. The Hall–Kier alpha value is 0.264. The predicted molar refractivity (Wildman–Crippen MR) is 13.8 cm³/mol. The van der Waals surface area contributed by atoms with Crippen LogP contribution in [0.2, 0.25) is 0 Å². The Bertz CT molecular complexity index is 27.2. The molecule has 7 heteroatoms. The molecule has 48 valence electrons. The van der Waals surface area contributed by atoms with Crippen molar-refractivity contribution >= 4 is 7.25 Å². The van der Waals surface area contributed by atoms with E-state index in [4.69, 9.17) is 0 Å². The first-order chi connectivity index (χ1) is 2.00. The van der Waals surface area contributed by atoms with E-state index in [-0.39, 0.29) is 22.5 Å². The van der Waals surface area contributed by atoms with Crippen LogP contribution in [0.1, 0.15) is 0 Å². The van der Waals surface area contributed by atoms with Crippen molar-refractivity contribution in [2.75, 3.05) is 0 Å². The maximum atomic E-state index is 9.75. The minimum absolute atomic E-state index is 0. The number of rotatable bonds is 0. The molecule has 0 saturated carbocycles. The fraction of sp³-hybridized carbons (Fsp3) is 0. The third kappa shape index (κ3) is 1630. The van der Waals surface area contributed by atoms with E-state index in [0.717, 1.165) is 0 Å². The normalized spacial score (nSPS) is 8.57. The van der Waals surface area contributed by atoms with E-state index in [2.05, 4.69) is 0 Å². The van der Waals surface area contributed by atoms with Gasteiger partial charge in [-0.25, -0.2) is 0 Å². The summed E-state index contributed by atoms with van der Waals surface area (Å²) >= 11 is 0. The van der Waals surface area contributed by atoms with Gasteiger partial charge in [0.1, 0.15) is 0 Å². The molecule has 0 unspecified atom stereocenters. The van der Waals surface area contributed by atoms with Gasteiger partial charge in [-0.15, -0.1) is 0 Å². The first kappa shape index (κ1) is 15.7. The van der Waals surface area contributed by atoms with Gasteiger partial charge in [0.15, 0.2) is 0 Å². The Kier molecular flexibility index (Phi) is 9.91. The number of halogens is 4. The number of hydrogen-bond donors (Lipinski definition) is 0. The van der Waals surface area contributed by atoms with Crippen LogP contribution in [0.15, 0.2) is 0 Å². The van der Waals surface area contributed by atoms with Crippen molar-refractivity contribution in [2.24, 2.45) is 0 Å². The summed E-state index contributed by atoms with van der Waals surface area (Å²) in [6.45, 7) is 0. The molecule has 1 nitrogen and oxygen atoms in total. The van der Waals surface area contributed by atoms with Crippen molar-refractivity contribution in [3.8, 4) is 0 Å². The second-order valence-corrected chi connectivity index (χ2v) is 0.495. The zero-order chi connectivity index (χ0) is 4.50. The summed E-state index contributed by atoms with van der Waals surface area (Å²) in [6.07, 6.45) is 0. The van der Waals surface area contributed by atoms with E-state index in [1.54, 1.807) is 0 Å². The molecular weight excluding hydrogens is 159 g/mol. The Morgan fingerprint density at radius 3 is 0.857 bits per heavy atom. The minimum atomic E-state index is -6.00. The maximum absolute atomic E-state index is 9.75. The molecule has 0 saturated heterocycles. The second-order valence-electron chi connectivity index (χ2n) is 0.495. The van der Waals surface area contributed by atoms with E-state index in [1.165, 1.54) is 0 Å². The van der Waals surface area contributed by atoms with Gasteiger partial charge in [-0.2, -0.15) is 0 Å². The molecule has 0 spiro atoms. The summed E-state index contributed by atoms with van der Waals surface area (Å²) in [5.74, 6) is 0. The second kappa shape index (κ2) is 4.42. The molecule has 0 heterocycles. The first-order valence-corrected chi connectivity index (χ1v) is 0.873. The average Bonchev–Trinajstić information content (AvgIpc) is 0.722. The summed E-state index contributed by atoms with van der Waals surface area (Å²) in [5.41, 5.74) is 0. The molecule has 0 amide bonds. The van der Waals surface area contributed by atoms with Gasteiger partial charge >= 0.3 is 7.25 Å². The summed E-state index contributed by atoms with van der Waals surface area (Å²) in [5, 5.41) is 0. The quantitative estimate of drug-likeness (QED) is 0.365. The average molecular weight is 161 g/mol. The largest absolute Gasteiger partial charge is 0.673 e. The van der Waals surface area contributed by atoms with E-state index in [9.17, 15) is 17.3 Å². The molecule has 0 aliphatic heterocycles. The van der Waals surface area contributed by atoms with Crippen LogP contribution in [0.3, 0.4) is 0 Å². The van der Waals surface area contributed by atoms with Crippen molar-refractivity contribution in [1.82, 2.24) is 0 Å². The van der Waals surface area contributed by atoms with E-state index >= 15 is 0 Å². The molecule has 7 heavy (non-hydrogen) atoms. The SMILES string of the molecule is F[B-](F)(F)F.O.[Fe]. The summed E-state index contributed by atoms with van der Waals surface area (Å²) in [4.78, 5) is 0. The van der Waals surface area contributed by atoms with Crippen LogP contribution in [0.25, 0.3) is 0 Å². The van der Waals surface area contributed by atoms with Crippen molar-refractivity contribution in [3.05, 3.63) is 0 Å². The van der Waals surface area contributed by atoms with Gasteiger partial charge in [-0.3, -0.25) is 0 Å². The van der Waals surface area contributed by atoms with E-state index in [0.29, 0.717) is 0 Å². The molecule has 2 N–H and O–H groups in total. The standard InChI is InChI=1S/BF4.Fe.H2O/c2-1(3,4)5;;/h;;1H2/q-1;;. The molecular formula is H2BF4FeO-. The molecule has 0 aromatic rings. The Morgan fingerprint density at radius 1 is 0.857 bits per heavy atom. The van der Waals surface area contributed by atoms with Gasteiger partial charge in [0.05, 0.1) is 0 Å². The van der Waals surface area contributed by atoms with Crippen LogP contribution in [0.4, 0.5) is 17.3 Å². The van der Waals surface area contributed by atoms with Gasteiger partial charge in [0, 0.05) is 17.1 Å². The van der Waals surface area contributed by atoms with Crippen molar-refractivity contribution < 1.29 is 39.8 Å². The minimum Gasteiger partial charge on any atom is -0.418 e. The van der Waals surface area contributed by atoms with Crippen LogP contribution in [-0.2, 0) is 17.1 Å². The summed E-state index contributed by atoms with van der Waals surface area (Å²) < 4.78 is 39.0. The van der Waals surface area contributed by atoms with Crippen LogP contribution in [0, 0.1) is 0 Å². The third-order valence-electron chi connectivity index (χ3n) is 0. The maximum Gasteiger partial charge on any atom is 0.673 e. The van der Waals surface area contributed by atoms with E-state index in [1.807, 2.05) is 0 Å². The molecule has 0 rings (SSSR count). The Balaban J connectivity index is -0.0000000800. The van der Waals surface area contributed by atoms with Crippen molar-refractivity contribution in [1.29, 1.82) is 0 Å². The van der Waals surface area contributed by atoms with Crippen LogP contribution in [0.5, 0.6) is 0 Å². The summed E-state index contributed by atoms with van der Waals surface area (Å²) in [7, 11) is -6.00. The Labute approximate surface area is 48.0 Å². The Morgan fingerprint density at radius 2 is 0.857 bits per heavy atom. The molecule has 0 aromatic carbocycles. The zero-order valence-corrected chi connectivity index (χ0v) is 4.05. The molecule has 0 atom stereocenters. The molecule has 0 bridgehead atoms. The van der Waals surface area contributed by atoms with Crippen LogP contribution >= 0.6 is 0 Å². The fourth-order valence-electron chi connectivity index (χ4n) is 0. The monoisotopic (exact) mass is 161 g/mol. The predicted octanol–water partition coefficient (Wildman–Crippen LogP) is 0.473. The third-order valence-corrected chi connectivity index (χ3v) is 0. The van der Waals surface area contributed by atoms with Crippen LogP contribution < -0.4 is 0 Å². The molecule has 0 radical (unpaired) electrons. The van der Waals surface area contributed by atoms with Crippen molar-refractivity contribution in [3.63, 3.8) is 0 Å². The smallest absolute Gasteiger partial charge is 0.418 e.